The fourth-order valence-corrected chi connectivity index (χ4v) is 6.30. The molecule has 1 saturated carbocycles. The highest BCUT2D eigenvalue weighted by molar-refractivity contribution is 7.89. The molecule has 0 bridgehead atoms. The van der Waals surface area contributed by atoms with Gasteiger partial charge in [-0.05, 0) is 62.3 Å². The summed E-state index contributed by atoms with van der Waals surface area (Å²) in [6.07, 6.45) is 4.05. The van der Waals surface area contributed by atoms with Gasteiger partial charge in [0.25, 0.3) is 5.91 Å². The van der Waals surface area contributed by atoms with Crippen LogP contribution < -0.4 is 9.46 Å². The molecule has 2 fully saturated rings. The van der Waals surface area contributed by atoms with E-state index >= 15 is 0 Å². The summed E-state index contributed by atoms with van der Waals surface area (Å²) in [6.45, 7) is 10.1. The van der Waals surface area contributed by atoms with Crippen LogP contribution in [0, 0.1) is 5.92 Å². The Morgan fingerprint density at radius 2 is 1.89 bits per heavy atom. The van der Waals surface area contributed by atoms with Crippen molar-refractivity contribution in [1.29, 1.82) is 0 Å². The zero-order valence-electron chi connectivity index (χ0n) is 23.0. The van der Waals surface area contributed by atoms with Crippen molar-refractivity contribution in [3.8, 4) is 5.75 Å². The lowest BCUT2D eigenvalue weighted by atomic mass is 10.1. The van der Waals surface area contributed by atoms with Gasteiger partial charge in [-0.25, -0.2) is 22.8 Å². The van der Waals surface area contributed by atoms with E-state index in [0.717, 1.165) is 16.5 Å². The van der Waals surface area contributed by atoms with Gasteiger partial charge in [0.15, 0.2) is 0 Å². The Morgan fingerprint density at radius 1 is 1.16 bits per heavy atom. The molecule has 12 heteroatoms. The van der Waals surface area contributed by atoms with Gasteiger partial charge in [0.2, 0.25) is 10.0 Å². The van der Waals surface area contributed by atoms with Crippen LogP contribution in [0.5, 0.6) is 5.75 Å². The summed E-state index contributed by atoms with van der Waals surface area (Å²) in [6, 6.07) is 5.54. The number of carbonyl (C=O) groups is 2. The number of imide groups is 1. The van der Waals surface area contributed by atoms with E-state index in [-0.39, 0.29) is 31.0 Å². The Kier molecular flexibility index (Phi) is 11.1. The van der Waals surface area contributed by atoms with Crippen LogP contribution in [0.3, 0.4) is 0 Å². The average molecular weight is 588 g/mol. The number of sulfonamides is 1. The SMILES string of the molecule is CC(NS(=O)(=O)CCCCCN1CC(=O)N(COCC[Si](C)(C)C)C1=O)c1ccc(Cl)c(OCC2CC2)c1. The summed E-state index contributed by atoms with van der Waals surface area (Å²) < 4.78 is 39.4. The lowest BCUT2D eigenvalue weighted by Crippen LogP contribution is -2.35. The predicted molar refractivity (Wildman–Crippen MR) is 152 cm³/mol. The molecule has 38 heavy (non-hydrogen) atoms. The number of nitrogens with one attached hydrogen (secondary N) is 1. The molecule has 1 aliphatic heterocycles. The minimum atomic E-state index is -3.50. The van der Waals surface area contributed by atoms with Crippen molar-refractivity contribution in [3.63, 3.8) is 0 Å². The zero-order valence-corrected chi connectivity index (χ0v) is 25.6. The van der Waals surface area contributed by atoms with E-state index in [1.165, 1.54) is 17.7 Å². The van der Waals surface area contributed by atoms with E-state index in [9.17, 15) is 18.0 Å². The van der Waals surface area contributed by atoms with Crippen molar-refractivity contribution in [1.82, 2.24) is 14.5 Å². The largest absolute Gasteiger partial charge is 0.492 e. The maximum atomic E-state index is 12.6. The molecule has 3 amide bonds. The zero-order chi connectivity index (χ0) is 27.9. The van der Waals surface area contributed by atoms with E-state index in [2.05, 4.69) is 24.4 Å². The van der Waals surface area contributed by atoms with Gasteiger partial charge < -0.3 is 14.4 Å². The molecular weight excluding hydrogens is 546 g/mol. The van der Waals surface area contributed by atoms with Crippen LogP contribution in [-0.2, 0) is 19.6 Å². The second kappa shape index (κ2) is 13.6. The summed E-state index contributed by atoms with van der Waals surface area (Å²) in [4.78, 5) is 27.4. The summed E-state index contributed by atoms with van der Waals surface area (Å²) in [5.74, 6) is 0.896. The standard InChI is InChI=1S/C26H42ClN3O6SSi/c1-20(22-10-11-23(27)24(16-22)36-18-21-8-9-21)28-37(33,34)14-7-5-6-12-29-17-25(31)30(26(29)32)19-35-13-15-38(2,3)4/h10-11,16,20-21,28H,5-9,12-15,17-19H2,1-4H3. The monoisotopic (exact) mass is 587 g/mol. The first-order chi connectivity index (χ1) is 17.8. The summed E-state index contributed by atoms with van der Waals surface area (Å²) >= 11 is 6.24. The Balaban J connectivity index is 1.35. The lowest BCUT2D eigenvalue weighted by molar-refractivity contribution is -0.128. The van der Waals surface area contributed by atoms with Crippen LogP contribution >= 0.6 is 11.6 Å². The molecule has 1 aromatic rings. The molecular formula is C26H42ClN3O6SSi. The van der Waals surface area contributed by atoms with Crippen LogP contribution in [0.25, 0.3) is 0 Å². The molecule has 1 saturated heterocycles. The van der Waals surface area contributed by atoms with Crippen LogP contribution in [0.4, 0.5) is 4.79 Å². The fourth-order valence-electron chi connectivity index (χ4n) is 3.99. The van der Waals surface area contributed by atoms with E-state index in [4.69, 9.17) is 21.1 Å². The van der Waals surface area contributed by atoms with Crippen LogP contribution in [0.2, 0.25) is 30.7 Å². The van der Waals surface area contributed by atoms with Gasteiger partial charge in [0.1, 0.15) is 19.0 Å². The molecule has 1 unspecified atom stereocenters. The van der Waals surface area contributed by atoms with Crippen molar-refractivity contribution in [2.75, 3.05) is 38.8 Å². The minimum absolute atomic E-state index is 0.0114. The molecule has 1 aliphatic carbocycles. The third-order valence-electron chi connectivity index (χ3n) is 6.67. The molecule has 0 spiro atoms. The van der Waals surface area contributed by atoms with Gasteiger partial charge in [0.05, 0.1) is 17.4 Å². The molecule has 1 atom stereocenters. The van der Waals surface area contributed by atoms with Gasteiger partial charge in [-0.1, -0.05) is 43.7 Å². The van der Waals surface area contributed by atoms with E-state index in [0.29, 0.717) is 55.7 Å². The molecule has 1 N–H and O–H groups in total. The maximum Gasteiger partial charge on any atom is 0.329 e. The maximum absolute atomic E-state index is 12.6. The third kappa shape index (κ3) is 10.1. The Morgan fingerprint density at radius 3 is 2.58 bits per heavy atom. The normalized spacial score (nSPS) is 17.4. The first-order valence-corrected chi connectivity index (χ1v) is 19.2. The van der Waals surface area contributed by atoms with Crippen molar-refractivity contribution < 1.29 is 27.5 Å². The number of hydrogen-bond donors (Lipinski definition) is 1. The molecule has 2 aliphatic rings. The first-order valence-electron chi connectivity index (χ1n) is 13.4. The summed E-state index contributed by atoms with van der Waals surface area (Å²) in [7, 11) is -4.74. The Hall–Kier alpha value is -1.66. The van der Waals surface area contributed by atoms with Gasteiger partial charge in [-0.3, -0.25) is 4.79 Å². The molecule has 3 rings (SSSR count). The van der Waals surface area contributed by atoms with Crippen molar-refractivity contribution in [2.45, 2.75) is 70.8 Å². The van der Waals surface area contributed by atoms with Gasteiger partial charge in [-0.2, -0.15) is 0 Å². The summed E-state index contributed by atoms with van der Waals surface area (Å²) in [5.41, 5.74) is 0.787. The number of urea groups is 1. The van der Waals surface area contributed by atoms with Gasteiger partial charge in [-0.15, -0.1) is 0 Å². The first kappa shape index (κ1) is 30.9. The van der Waals surface area contributed by atoms with Gasteiger partial charge in [0, 0.05) is 27.3 Å². The van der Waals surface area contributed by atoms with Crippen molar-refractivity contribution >= 4 is 41.6 Å². The highest BCUT2D eigenvalue weighted by Crippen LogP contribution is 2.33. The smallest absolute Gasteiger partial charge is 0.329 e. The predicted octanol–water partition coefficient (Wildman–Crippen LogP) is 4.86. The molecule has 1 aromatic carbocycles. The molecule has 9 nitrogen and oxygen atoms in total. The van der Waals surface area contributed by atoms with Crippen LogP contribution in [0.1, 0.15) is 50.6 Å². The lowest BCUT2D eigenvalue weighted by Gasteiger charge is -2.19. The van der Waals surface area contributed by atoms with Crippen molar-refractivity contribution in [3.05, 3.63) is 28.8 Å². The third-order valence-corrected chi connectivity index (χ3v) is 10.2. The molecule has 1 heterocycles. The number of benzene rings is 1. The molecule has 0 aromatic heterocycles. The number of halogens is 1. The highest BCUT2D eigenvalue weighted by atomic mass is 35.5. The van der Waals surface area contributed by atoms with E-state index in [1.807, 2.05) is 0 Å². The Bertz CT molecular complexity index is 1080. The topological polar surface area (TPSA) is 105 Å². The van der Waals surface area contributed by atoms with E-state index in [1.54, 1.807) is 25.1 Å². The minimum Gasteiger partial charge on any atom is -0.492 e. The highest BCUT2D eigenvalue weighted by Gasteiger charge is 2.35. The Labute approximate surface area is 233 Å². The average Bonchev–Trinajstić information content (AvgIpc) is 3.61. The van der Waals surface area contributed by atoms with Crippen molar-refractivity contribution in [2.24, 2.45) is 5.92 Å². The van der Waals surface area contributed by atoms with Crippen LogP contribution in [-0.4, -0.2) is 77.0 Å². The number of carbonyl (C=O) groups excluding carboxylic acids is 2. The fraction of sp³-hybridized carbons (Fsp3) is 0.692. The number of rotatable bonds is 17. The molecule has 0 radical (unpaired) electrons. The summed E-state index contributed by atoms with van der Waals surface area (Å²) in [5, 5.41) is 0.514. The van der Waals surface area contributed by atoms with Crippen LogP contribution in [0.15, 0.2) is 18.2 Å². The van der Waals surface area contributed by atoms with E-state index < -0.39 is 24.1 Å². The number of amides is 3. The quantitative estimate of drug-likeness (QED) is 0.159. The number of nitrogens with zero attached hydrogens (tertiary/aromatic N) is 2. The molecule has 214 valence electrons. The number of ether oxygens (including phenoxy) is 2. The second-order valence-corrected chi connectivity index (χ2v) is 19.4. The number of unbranched alkanes of at least 4 members (excludes halogenated alkanes) is 2. The number of hydrogen-bond acceptors (Lipinski definition) is 6. The second-order valence-electron chi connectivity index (χ2n) is 11.5. The van der Waals surface area contributed by atoms with Gasteiger partial charge >= 0.3 is 6.03 Å².